The van der Waals surface area contributed by atoms with Crippen molar-refractivity contribution in [1.29, 1.82) is 0 Å². The Hall–Kier alpha value is -1.77. The summed E-state index contributed by atoms with van der Waals surface area (Å²) in [6.45, 7) is 2.21. The first-order valence-corrected chi connectivity index (χ1v) is 8.81. The third-order valence-electron chi connectivity index (χ3n) is 4.88. The summed E-state index contributed by atoms with van der Waals surface area (Å²) in [6.07, 6.45) is 3.32. The highest BCUT2D eigenvalue weighted by Crippen LogP contribution is 2.38. The van der Waals surface area contributed by atoms with Crippen LogP contribution in [-0.2, 0) is 25.4 Å². The van der Waals surface area contributed by atoms with Crippen LogP contribution in [0, 0.1) is 0 Å². The molecule has 0 radical (unpaired) electrons. The summed E-state index contributed by atoms with van der Waals surface area (Å²) in [7, 11) is 0. The fourth-order valence-corrected chi connectivity index (χ4v) is 3.54. The van der Waals surface area contributed by atoms with Crippen molar-refractivity contribution in [3.63, 3.8) is 0 Å². The van der Waals surface area contributed by atoms with E-state index in [1.165, 1.54) is 48.9 Å². The van der Waals surface area contributed by atoms with Crippen molar-refractivity contribution in [2.24, 2.45) is 0 Å². The molecule has 0 fully saturated rings. The Morgan fingerprint density at radius 2 is 1.50 bits per heavy atom. The van der Waals surface area contributed by atoms with Gasteiger partial charge in [-0.2, -0.15) is 13.2 Å². The van der Waals surface area contributed by atoms with Crippen molar-refractivity contribution in [2.75, 3.05) is 0 Å². The maximum atomic E-state index is 12.9. The summed E-state index contributed by atoms with van der Waals surface area (Å²) < 4.78 is 38.6. The van der Waals surface area contributed by atoms with Crippen LogP contribution in [0.2, 0.25) is 0 Å². The van der Waals surface area contributed by atoms with Gasteiger partial charge in [0.1, 0.15) is 0 Å². The van der Waals surface area contributed by atoms with Gasteiger partial charge in [-0.25, -0.2) is 0 Å². The van der Waals surface area contributed by atoms with Crippen LogP contribution in [0.3, 0.4) is 0 Å². The summed E-state index contributed by atoms with van der Waals surface area (Å²) >= 11 is 0. The zero-order chi connectivity index (χ0) is 17.2. The van der Waals surface area contributed by atoms with Crippen LogP contribution < -0.4 is 0 Å². The molecular weight excluding hydrogens is 309 g/mol. The monoisotopic (exact) mass is 332 g/mol. The van der Waals surface area contributed by atoms with Gasteiger partial charge in [-0.05, 0) is 65.6 Å². The Labute approximate surface area is 141 Å². The first-order valence-electron chi connectivity index (χ1n) is 8.81. The largest absolute Gasteiger partial charge is 0.416 e. The van der Waals surface area contributed by atoms with Crippen molar-refractivity contribution in [3.05, 3.63) is 58.7 Å². The number of benzene rings is 2. The minimum absolute atomic E-state index is 0.544. The molecule has 1 aliphatic rings. The minimum Gasteiger partial charge on any atom is -0.166 e. The minimum atomic E-state index is -4.27. The smallest absolute Gasteiger partial charge is 0.166 e. The molecule has 0 spiro atoms. The zero-order valence-corrected chi connectivity index (χ0v) is 14.0. The lowest BCUT2D eigenvalue weighted by atomic mass is 9.83. The summed E-state index contributed by atoms with van der Waals surface area (Å²) in [5.74, 6) is 0. The van der Waals surface area contributed by atoms with E-state index >= 15 is 0 Å². The molecule has 2 aromatic rings. The standard InChI is InChI=1S/C21H23F3/c1-2-3-4-5-6-15-7-11-19-16(13-15)8-9-17-14-18(21(22,23)24)10-12-20(17)19/h7,10-14H,2-6,8-9H2,1H3. The van der Waals surface area contributed by atoms with Crippen LogP contribution in [0.5, 0.6) is 0 Å². The maximum Gasteiger partial charge on any atom is 0.416 e. The normalized spacial score (nSPS) is 13.5. The van der Waals surface area contributed by atoms with Gasteiger partial charge in [0.05, 0.1) is 5.56 Å². The molecule has 3 heteroatoms. The molecule has 128 valence electrons. The first-order chi connectivity index (χ1) is 11.5. The number of aryl methyl sites for hydroxylation is 3. The van der Waals surface area contributed by atoms with Crippen molar-refractivity contribution >= 4 is 0 Å². The van der Waals surface area contributed by atoms with Crippen LogP contribution in [0.25, 0.3) is 11.1 Å². The molecule has 24 heavy (non-hydrogen) atoms. The highest BCUT2D eigenvalue weighted by Gasteiger charge is 2.31. The van der Waals surface area contributed by atoms with E-state index in [1.807, 2.05) is 0 Å². The lowest BCUT2D eigenvalue weighted by molar-refractivity contribution is -0.137. The number of rotatable bonds is 5. The van der Waals surface area contributed by atoms with E-state index in [1.54, 1.807) is 6.07 Å². The summed E-state index contributed by atoms with van der Waals surface area (Å²) in [5.41, 5.74) is 4.95. The van der Waals surface area contributed by atoms with Crippen LogP contribution in [-0.4, -0.2) is 0 Å². The van der Waals surface area contributed by atoms with Crippen molar-refractivity contribution < 1.29 is 13.2 Å². The third-order valence-corrected chi connectivity index (χ3v) is 4.88. The first kappa shape index (κ1) is 17.1. The topological polar surface area (TPSA) is 0 Å². The molecular formula is C21H23F3. The Morgan fingerprint density at radius 3 is 2.17 bits per heavy atom. The van der Waals surface area contributed by atoms with Gasteiger partial charge in [-0.1, -0.05) is 50.5 Å². The molecule has 0 bridgehead atoms. The molecule has 1 aliphatic carbocycles. The number of alkyl halides is 3. The maximum absolute atomic E-state index is 12.9. The second kappa shape index (κ2) is 7.00. The molecule has 0 saturated heterocycles. The number of halogens is 3. The van der Waals surface area contributed by atoms with E-state index in [0.29, 0.717) is 6.42 Å². The van der Waals surface area contributed by atoms with E-state index in [0.717, 1.165) is 29.5 Å². The van der Waals surface area contributed by atoms with Gasteiger partial charge in [0.25, 0.3) is 0 Å². The number of hydrogen-bond acceptors (Lipinski definition) is 0. The van der Waals surface area contributed by atoms with E-state index in [2.05, 4.69) is 25.1 Å². The molecule has 0 N–H and O–H groups in total. The second-order valence-corrected chi connectivity index (χ2v) is 6.67. The molecule has 0 unspecified atom stereocenters. The molecule has 0 aromatic heterocycles. The highest BCUT2D eigenvalue weighted by molar-refractivity contribution is 5.73. The molecule has 2 aromatic carbocycles. The lowest BCUT2D eigenvalue weighted by Crippen LogP contribution is -2.09. The van der Waals surface area contributed by atoms with Crippen LogP contribution in [0.1, 0.15) is 54.9 Å². The van der Waals surface area contributed by atoms with E-state index in [-0.39, 0.29) is 0 Å². The van der Waals surface area contributed by atoms with Crippen LogP contribution >= 0.6 is 0 Å². The summed E-state index contributed by atoms with van der Waals surface area (Å²) in [6, 6.07) is 10.6. The average molecular weight is 332 g/mol. The second-order valence-electron chi connectivity index (χ2n) is 6.67. The SMILES string of the molecule is CCCCCCc1ccc2c(c1)CCc1cc(C(F)(F)F)ccc1-2. The van der Waals surface area contributed by atoms with E-state index in [4.69, 9.17) is 0 Å². The molecule has 0 amide bonds. The van der Waals surface area contributed by atoms with Crippen LogP contribution in [0.4, 0.5) is 13.2 Å². The molecule has 0 atom stereocenters. The van der Waals surface area contributed by atoms with Gasteiger partial charge >= 0.3 is 6.18 Å². The molecule has 0 saturated carbocycles. The number of fused-ring (bicyclic) bond motifs is 3. The highest BCUT2D eigenvalue weighted by atomic mass is 19.4. The van der Waals surface area contributed by atoms with Crippen LogP contribution in [0.15, 0.2) is 36.4 Å². The van der Waals surface area contributed by atoms with Crippen molar-refractivity contribution in [3.8, 4) is 11.1 Å². The fourth-order valence-electron chi connectivity index (χ4n) is 3.54. The van der Waals surface area contributed by atoms with Crippen molar-refractivity contribution in [2.45, 2.75) is 58.0 Å². The number of hydrogen-bond donors (Lipinski definition) is 0. The summed E-state index contributed by atoms with van der Waals surface area (Å²) in [4.78, 5) is 0. The van der Waals surface area contributed by atoms with Crippen molar-refractivity contribution in [1.82, 2.24) is 0 Å². The van der Waals surface area contributed by atoms with E-state index < -0.39 is 11.7 Å². The Morgan fingerprint density at radius 1 is 0.833 bits per heavy atom. The summed E-state index contributed by atoms with van der Waals surface area (Å²) in [5, 5.41) is 0. The van der Waals surface area contributed by atoms with Gasteiger partial charge < -0.3 is 0 Å². The Balaban J connectivity index is 1.82. The quantitative estimate of drug-likeness (QED) is 0.542. The zero-order valence-electron chi connectivity index (χ0n) is 14.0. The Bertz CT molecular complexity index is 714. The third kappa shape index (κ3) is 3.66. The van der Waals surface area contributed by atoms with Gasteiger partial charge in [0, 0.05) is 0 Å². The molecule has 0 aliphatic heterocycles. The molecule has 0 heterocycles. The van der Waals surface area contributed by atoms with E-state index in [9.17, 15) is 13.2 Å². The molecule has 0 nitrogen and oxygen atoms in total. The van der Waals surface area contributed by atoms with Gasteiger partial charge in [0.2, 0.25) is 0 Å². The lowest BCUT2D eigenvalue weighted by Gasteiger charge is -2.22. The molecule has 3 rings (SSSR count). The predicted octanol–water partition coefficient (Wildman–Crippen LogP) is 6.59. The van der Waals surface area contributed by atoms with Gasteiger partial charge in [-0.15, -0.1) is 0 Å². The average Bonchev–Trinajstić information content (AvgIpc) is 2.57. The fraction of sp³-hybridized carbons (Fsp3) is 0.429. The number of unbranched alkanes of at least 4 members (excludes halogenated alkanes) is 3. The Kier molecular flexibility index (Phi) is 4.98. The predicted molar refractivity (Wildman–Crippen MR) is 92.1 cm³/mol. The van der Waals surface area contributed by atoms with Gasteiger partial charge in [-0.3, -0.25) is 0 Å². The van der Waals surface area contributed by atoms with Gasteiger partial charge in [0.15, 0.2) is 0 Å².